The molecule has 5 N–H and O–H groups in total. The number of nitrogens with zero attached hydrogens (tertiary/aromatic N) is 3. The number of rotatable bonds is 7. The third-order valence-electron chi connectivity index (χ3n) is 5.08. The molecule has 0 bridgehead atoms. The van der Waals surface area contributed by atoms with Crippen molar-refractivity contribution in [3.63, 3.8) is 0 Å². The molecule has 0 radical (unpaired) electrons. The van der Waals surface area contributed by atoms with Gasteiger partial charge >= 0.3 is 7.82 Å². The molecule has 2 aromatic heterocycles. The number of H-pyrrole nitrogens is 1. The van der Waals surface area contributed by atoms with E-state index in [1.165, 1.54) is 6.33 Å². The number of aromatic amines is 1. The van der Waals surface area contributed by atoms with Crippen molar-refractivity contribution in [3.05, 3.63) is 47.0 Å². The highest BCUT2D eigenvalue weighted by atomic mass is 31.2. The highest BCUT2D eigenvalue weighted by molar-refractivity contribution is 7.47. The number of benzene rings is 1. The lowest BCUT2D eigenvalue weighted by Gasteiger charge is -2.44. The van der Waals surface area contributed by atoms with Crippen molar-refractivity contribution < 1.29 is 23.6 Å². The lowest BCUT2D eigenvalue weighted by atomic mass is 9.70. The maximum absolute atomic E-state index is 12.2. The van der Waals surface area contributed by atoms with Gasteiger partial charge in [0.15, 0.2) is 11.2 Å². The Morgan fingerprint density at radius 1 is 1.34 bits per heavy atom. The van der Waals surface area contributed by atoms with Gasteiger partial charge in [0.05, 0.1) is 12.9 Å². The zero-order chi connectivity index (χ0) is 20.6. The summed E-state index contributed by atoms with van der Waals surface area (Å²) in [6, 6.07) is 8.01. The van der Waals surface area contributed by atoms with Crippen LogP contribution < -0.4 is 15.8 Å². The van der Waals surface area contributed by atoms with E-state index in [-0.39, 0.29) is 48.3 Å². The van der Waals surface area contributed by atoms with Gasteiger partial charge in [0.25, 0.3) is 5.56 Å². The standard InChI is InChI=1S/C17H20N5O6P/c18-17-20-15-14(16(24)21-17)19-9-22(15)13-6-10(12(13)7-23)8-27-29(25,26)28-11-4-2-1-3-5-11/h1-5,9-10,12-13,23H,6-8H2,(H,25,26)(H3,18,20,21,24)/t10-,12+,13-/m1/s1. The number of hydrogen-bond donors (Lipinski definition) is 4. The van der Waals surface area contributed by atoms with Crippen molar-refractivity contribution in [2.75, 3.05) is 18.9 Å². The Balaban J connectivity index is 1.44. The molecule has 0 amide bonds. The molecule has 1 unspecified atom stereocenters. The van der Waals surface area contributed by atoms with Gasteiger partial charge in [-0.3, -0.25) is 19.2 Å². The molecular weight excluding hydrogens is 401 g/mol. The Hall–Kier alpha value is -2.72. The molecule has 12 heteroatoms. The first-order chi connectivity index (χ1) is 13.9. The smallest absolute Gasteiger partial charge is 0.404 e. The lowest BCUT2D eigenvalue weighted by Crippen LogP contribution is -2.43. The summed E-state index contributed by atoms with van der Waals surface area (Å²) in [6.45, 7) is -0.239. The van der Waals surface area contributed by atoms with E-state index in [0.717, 1.165) is 0 Å². The first-order valence-corrected chi connectivity index (χ1v) is 10.4. The maximum Gasteiger partial charge on any atom is 0.527 e. The van der Waals surface area contributed by atoms with Crippen LogP contribution in [-0.2, 0) is 9.09 Å². The van der Waals surface area contributed by atoms with Gasteiger partial charge in [-0.25, -0.2) is 9.55 Å². The quantitative estimate of drug-likeness (QED) is 0.408. The normalized spacial score (nSPS) is 23.4. The molecular formula is C17H20N5O6P. The van der Waals surface area contributed by atoms with Crippen molar-refractivity contribution in [2.24, 2.45) is 11.8 Å². The van der Waals surface area contributed by atoms with Gasteiger partial charge in [-0.15, -0.1) is 0 Å². The number of fused-ring (bicyclic) bond motifs is 1. The Labute approximate surface area is 164 Å². The fraction of sp³-hybridized carbons (Fsp3) is 0.353. The van der Waals surface area contributed by atoms with E-state index in [2.05, 4.69) is 15.0 Å². The number of nitrogens with two attached hydrogens (primary N) is 1. The molecule has 1 saturated carbocycles. The molecule has 1 aliphatic carbocycles. The molecule has 4 rings (SSSR count). The van der Waals surface area contributed by atoms with Crippen molar-refractivity contribution in [2.45, 2.75) is 12.5 Å². The predicted octanol–water partition coefficient (Wildman–Crippen LogP) is 1.07. The summed E-state index contributed by atoms with van der Waals surface area (Å²) in [5, 5.41) is 9.81. The summed E-state index contributed by atoms with van der Waals surface area (Å²) in [5.74, 6) is -0.251. The van der Waals surface area contributed by atoms with Crippen LogP contribution in [-0.4, -0.2) is 42.7 Å². The molecule has 0 aliphatic heterocycles. The lowest BCUT2D eigenvalue weighted by molar-refractivity contribution is -0.00487. The van der Waals surface area contributed by atoms with Crippen LogP contribution in [0.4, 0.5) is 5.95 Å². The van der Waals surface area contributed by atoms with E-state index >= 15 is 0 Å². The number of phosphoric ester groups is 1. The van der Waals surface area contributed by atoms with Crippen LogP contribution >= 0.6 is 7.82 Å². The number of nitrogen functional groups attached to an aromatic ring is 1. The third kappa shape index (κ3) is 3.90. The van der Waals surface area contributed by atoms with Gasteiger partial charge < -0.3 is 19.9 Å². The molecule has 0 saturated heterocycles. The summed E-state index contributed by atoms with van der Waals surface area (Å²) in [4.78, 5) is 32.4. The van der Waals surface area contributed by atoms with Crippen LogP contribution in [0.1, 0.15) is 12.5 Å². The van der Waals surface area contributed by atoms with Gasteiger partial charge in [0, 0.05) is 18.6 Å². The molecule has 29 heavy (non-hydrogen) atoms. The monoisotopic (exact) mass is 421 g/mol. The highest BCUT2D eigenvalue weighted by Gasteiger charge is 2.44. The number of phosphoric acid groups is 1. The topological polar surface area (TPSA) is 166 Å². The van der Waals surface area contributed by atoms with Gasteiger partial charge in [-0.1, -0.05) is 18.2 Å². The van der Waals surface area contributed by atoms with E-state index in [4.69, 9.17) is 14.8 Å². The van der Waals surface area contributed by atoms with Gasteiger partial charge in [0.2, 0.25) is 5.95 Å². The number of nitrogens with one attached hydrogen (secondary N) is 1. The highest BCUT2D eigenvalue weighted by Crippen LogP contribution is 2.49. The van der Waals surface area contributed by atoms with Crippen molar-refractivity contribution in [3.8, 4) is 5.75 Å². The summed E-state index contributed by atoms with van der Waals surface area (Å²) >= 11 is 0. The zero-order valence-electron chi connectivity index (χ0n) is 15.2. The number of anilines is 1. The SMILES string of the molecule is Nc1nc2c(ncn2[C@@H]2C[C@H](COP(=O)(O)Oc3ccccc3)[C@@H]2CO)c(=O)[nH]1. The summed E-state index contributed by atoms with van der Waals surface area (Å²) < 4.78 is 24.0. The Kier molecular flexibility index (Phi) is 5.13. The Bertz CT molecular complexity index is 1120. The van der Waals surface area contributed by atoms with Gasteiger partial charge in [-0.05, 0) is 24.5 Å². The largest absolute Gasteiger partial charge is 0.527 e. The van der Waals surface area contributed by atoms with Gasteiger partial charge in [0.1, 0.15) is 5.75 Å². The first kappa shape index (κ1) is 19.6. The van der Waals surface area contributed by atoms with Crippen LogP contribution in [0, 0.1) is 11.8 Å². The van der Waals surface area contributed by atoms with Crippen LogP contribution in [0.3, 0.4) is 0 Å². The minimum Gasteiger partial charge on any atom is -0.404 e. The molecule has 4 atom stereocenters. The summed E-state index contributed by atoms with van der Waals surface area (Å²) in [5.41, 5.74) is 5.66. The van der Waals surface area contributed by atoms with Crippen molar-refractivity contribution >= 4 is 24.9 Å². The number of para-hydroxylation sites is 1. The molecule has 1 aromatic carbocycles. The van der Waals surface area contributed by atoms with E-state index in [1.54, 1.807) is 34.9 Å². The minimum absolute atomic E-state index is 0.0247. The second kappa shape index (κ2) is 7.60. The molecule has 0 spiro atoms. The van der Waals surface area contributed by atoms with E-state index in [1.807, 2.05) is 0 Å². The van der Waals surface area contributed by atoms with E-state index < -0.39 is 13.4 Å². The number of aliphatic hydroxyl groups excluding tert-OH is 1. The molecule has 154 valence electrons. The second-order valence-electron chi connectivity index (χ2n) is 6.85. The maximum atomic E-state index is 12.2. The molecule has 3 aromatic rings. The minimum atomic E-state index is -4.29. The molecule has 11 nitrogen and oxygen atoms in total. The first-order valence-electron chi connectivity index (χ1n) is 8.93. The van der Waals surface area contributed by atoms with Crippen molar-refractivity contribution in [1.82, 2.24) is 19.5 Å². The third-order valence-corrected chi connectivity index (χ3v) is 6.00. The number of imidazole rings is 1. The van der Waals surface area contributed by atoms with Crippen LogP contribution in [0.5, 0.6) is 5.75 Å². The fourth-order valence-corrected chi connectivity index (χ4v) is 4.40. The molecule has 1 fully saturated rings. The fourth-order valence-electron chi connectivity index (χ4n) is 3.58. The number of hydrogen-bond acceptors (Lipinski definition) is 8. The second-order valence-corrected chi connectivity index (χ2v) is 8.23. The average Bonchev–Trinajstić information content (AvgIpc) is 3.05. The number of aliphatic hydroxyl groups is 1. The van der Waals surface area contributed by atoms with Crippen LogP contribution in [0.15, 0.2) is 41.5 Å². The summed E-state index contributed by atoms with van der Waals surface area (Å²) in [7, 11) is -4.29. The van der Waals surface area contributed by atoms with Crippen LogP contribution in [0.25, 0.3) is 11.2 Å². The number of aromatic nitrogens is 4. The molecule has 1 aliphatic rings. The Morgan fingerprint density at radius 2 is 2.10 bits per heavy atom. The van der Waals surface area contributed by atoms with E-state index in [0.29, 0.717) is 12.1 Å². The van der Waals surface area contributed by atoms with Crippen molar-refractivity contribution in [1.29, 1.82) is 0 Å². The molecule has 2 heterocycles. The van der Waals surface area contributed by atoms with Crippen LogP contribution in [0.2, 0.25) is 0 Å². The summed E-state index contributed by atoms with van der Waals surface area (Å²) in [6.07, 6.45) is 2.02. The Morgan fingerprint density at radius 3 is 2.83 bits per heavy atom. The average molecular weight is 421 g/mol. The predicted molar refractivity (Wildman–Crippen MR) is 103 cm³/mol. The van der Waals surface area contributed by atoms with E-state index in [9.17, 15) is 19.4 Å². The zero-order valence-corrected chi connectivity index (χ0v) is 16.1. The van der Waals surface area contributed by atoms with Gasteiger partial charge in [-0.2, -0.15) is 4.98 Å².